The van der Waals surface area contributed by atoms with Gasteiger partial charge in [-0.25, -0.2) is 18.1 Å². The monoisotopic (exact) mass is 340 g/mol. The minimum absolute atomic E-state index is 0.000836. The normalized spacial score (nSPS) is 17.2. The Morgan fingerprint density at radius 2 is 2.17 bits per heavy atom. The highest BCUT2D eigenvalue weighted by atomic mass is 32.2. The summed E-state index contributed by atoms with van der Waals surface area (Å²) in [5, 5.41) is 3.89. The van der Waals surface area contributed by atoms with Crippen LogP contribution in [0.1, 0.15) is 36.8 Å². The Labute approximate surface area is 134 Å². The minimum Gasteiger partial charge on any atom is -0.339 e. The van der Waals surface area contributed by atoms with E-state index in [4.69, 9.17) is 10.3 Å². The number of nitrogens with two attached hydrogens (primary N) is 1. The quantitative estimate of drug-likeness (QED) is 0.755. The molecular weight excluding hydrogens is 320 g/mol. The fourth-order valence-electron chi connectivity index (χ4n) is 2.36. The molecule has 126 valence electrons. The van der Waals surface area contributed by atoms with E-state index in [1.807, 2.05) is 0 Å². The topological polar surface area (TPSA) is 129 Å². The molecule has 0 spiro atoms. The molecule has 0 bridgehead atoms. The molecule has 1 fully saturated rings. The van der Waals surface area contributed by atoms with Crippen LogP contribution in [0.3, 0.4) is 0 Å². The highest BCUT2D eigenvalue weighted by Gasteiger charge is 2.38. The van der Waals surface area contributed by atoms with Crippen LogP contribution in [0, 0.1) is 6.92 Å². The van der Waals surface area contributed by atoms with Gasteiger partial charge in [0.25, 0.3) is 10.0 Å². The molecule has 9 nitrogen and oxygen atoms in total. The molecule has 3 N–H and O–H groups in total. The van der Waals surface area contributed by atoms with Gasteiger partial charge in [-0.3, -0.25) is 0 Å². The maximum Gasteiger partial charge on any atom is 0.259 e. The van der Waals surface area contributed by atoms with Crippen LogP contribution >= 0.6 is 0 Å². The maximum absolute atomic E-state index is 12.1. The molecule has 2 heterocycles. The molecule has 0 aromatic carbocycles. The molecule has 23 heavy (non-hydrogen) atoms. The summed E-state index contributed by atoms with van der Waals surface area (Å²) in [6.07, 6.45) is 4.52. The van der Waals surface area contributed by atoms with Crippen LogP contribution < -0.4 is 10.5 Å². The average Bonchev–Trinajstić information content (AvgIpc) is 3.05. The molecule has 1 aliphatic carbocycles. The second-order valence-electron chi connectivity index (χ2n) is 5.91. The summed E-state index contributed by atoms with van der Waals surface area (Å²) < 4.78 is 33.5. The zero-order chi connectivity index (χ0) is 16.7. The van der Waals surface area contributed by atoms with E-state index in [0.717, 1.165) is 19.3 Å². The molecular formula is C13H20N6O3S. The van der Waals surface area contributed by atoms with Crippen molar-refractivity contribution in [3.05, 3.63) is 23.7 Å². The molecule has 2 aromatic rings. The van der Waals surface area contributed by atoms with Crippen molar-refractivity contribution in [2.45, 2.75) is 43.2 Å². The number of imidazole rings is 1. The van der Waals surface area contributed by atoms with Crippen LogP contribution in [-0.2, 0) is 29.0 Å². The first-order valence-corrected chi connectivity index (χ1v) is 8.90. The number of aryl methyl sites for hydroxylation is 2. The van der Waals surface area contributed by atoms with E-state index >= 15 is 0 Å². The number of nitrogens with zero attached hydrogens (tertiary/aromatic N) is 4. The molecule has 0 aliphatic heterocycles. The lowest BCUT2D eigenvalue weighted by molar-refractivity contribution is 0.229. The number of sulfonamides is 1. The summed E-state index contributed by atoms with van der Waals surface area (Å²) in [4.78, 5) is 8.26. The SMILES string of the molecule is Cc1nc(S(=O)(=O)NCCc2nc(C3(N)CCC3)no2)cn1C. The van der Waals surface area contributed by atoms with Gasteiger partial charge in [0.1, 0.15) is 5.82 Å². The smallest absolute Gasteiger partial charge is 0.259 e. The molecule has 0 saturated heterocycles. The van der Waals surface area contributed by atoms with Crippen LogP contribution in [0.4, 0.5) is 0 Å². The third-order valence-corrected chi connectivity index (χ3v) is 5.48. The number of rotatable bonds is 6. The van der Waals surface area contributed by atoms with Crippen molar-refractivity contribution in [2.75, 3.05) is 6.54 Å². The van der Waals surface area contributed by atoms with Crippen molar-refractivity contribution < 1.29 is 12.9 Å². The number of hydrogen-bond donors (Lipinski definition) is 2. The minimum atomic E-state index is -3.64. The summed E-state index contributed by atoms with van der Waals surface area (Å²) in [5.41, 5.74) is 5.64. The van der Waals surface area contributed by atoms with Gasteiger partial charge in [0.15, 0.2) is 10.9 Å². The molecule has 3 rings (SSSR count). The Kier molecular flexibility index (Phi) is 3.98. The van der Waals surface area contributed by atoms with Crippen molar-refractivity contribution in [1.29, 1.82) is 0 Å². The first-order chi connectivity index (χ1) is 10.8. The van der Waals surface area contributed by atoms with Gasteiger partial charge in [-0.15, -0.1) is 0 Å². The first kappa shape index (κ1) is 16.1. The second kappa shape index (κ2) is 5.69. The predicted octanol–water partition coefficient (Wildman–Crippen LogP) is -0.0296. The standard InChI is InChI=1S/C13H20N6O3S/c1-9-16-11(8-19(9)2)23(20,21)15-7-4-10-17-12(18-22-10)13(14)5-3-6-13/h8,15H,3-7,14H2,1-2H3. The molecule has 0 unspecified atom stereocenters. The molecule has 2 aromatic heterocycles. The van der Waals surface area contributed by atoms with Crippen LogP contribution in [0.2, 0.25) is 0 Å². The van der Waals surface area contributed by atoms with Crippen LogP contribution in [0.25, 0.3) is 0 Å². The van der Waals surface area contributed by atoms with Gasteiger partial charge in [-0.05, 0) is 26.2 Å². The van der Waals surface area contributed by atoms with Gasteiger partial charge in [0.2, 0.25) is 5.89 Å². The molecule has 10 heteroatoms. The van der Waals surface area contributed by atoms with Crippen LogP contribution in [0.15, 0.2) is 15.7 Å². The van der Waals surface area contributed by atoms with Gasteiger partial charge in [0.05, 0.1) is 5.54 Å². The Bertz CT molecular complexity index is 786. The maximum atomic E-state index is 12.1. The van der Waals surface area contributed by atoms with Gasteiger partial charge >= 0.3 is 0 Å². The van der Waals surface area contributed by atoms with Crippen molar-refractivity contribution in [1.82, 2.24) is 24.4 Å². The van der Waals surface area contributed by atoms with Crippen molar-refractivity contribution in [3.63, 3.8) is 0 Å². The van der Waals surface area contributed by atoms with E-state index < -0.39 is 15.6 Å². The molecule has 1 aliphatic rings. The summed E-state index contributed by atoms with van der Waals surface area (Å²) in [7, 11) is -1.90. The highest BCUT2D eigenvalue weighted by molar-refractivity contribution is 7.89. The highest BCUT2D eigenvalue weighted by Crippen LogP contribution is 2.36. The van der Waals surface area contributed by atoms with Crippen molar-refractivity contribution in [2.24, 2.45) is 12.8 Å². The van der Waals surface area contributed by atoms with E-state index in [2.05, 4.69) is 19.8 Å². The number of hydrogen-bond acceptors (Lipinski definition) is 7. The third kappa shape index (κ3) is 3.14. The molecule has 0 radical (unpaired) electrons. The summed E-state index contributed by atoms with van der Waals surface area (Å²) in [6, 6.07) is 0. The van der Waals surface area contributed by atoms with Gasteiger partial charge < -0.3 is 14.8 Å². The largest absolute Gasteiger partial charge is 0.339 e. The lowest BCUT2D eigenvalue weighted by atomic mass is 9.77. The van der Waals surface area contributed by atoms with Crippen molar-refractivity contribution in [3.8, 4) is 0 Å². The predicted molar refractivity (Wildman–Crippen MR) is 80.9 cm³/mol. The van der Waals surface area contributed by atoms with E-state index in [9.17, 15) is 8.42 Å². The van der Waals surface area contributed by atoms with Gasteiger partial charge in [0, 0.05) is 26.2 Å². The fourth-order valence-corrected chi connectivity index (χ4v) is 3.43. The van der Waals surface area contributed by atoms with Gasteiger partial charge in [-0.1, -0.05) is 5.16 Å². The lowest BCUT2D eigenvalue weighted by Gasteiger charge is -2.34. The van der Waals surface area contributed by atoms with Crippen LogP contribution in [-0.4, -0.2) is 34.7 Å². The van der Waals surface area contributed by atoms with E-state index in [1.165, 1.54) is 6.20 Å². The fraction of sp³-hybridized carbons (Fsp3) is 0.615. The second-order valence-corrected chi connectivity index (χ2v) is 7.62. The van der Waals surface area contributed by atoms with E-state index in [1.54, 1.807) is 18.5 Å². The Hall–Kier alpha value is -1.78. The summed E-state index contributed by atoms with van der Waals surface area (Å²) in [6.45, 7) is 1.89. The Balaban J connectivity index is 1.59. The van der Waals surface area contributed by atoms with E-state index in [0.29, 0.717) is 24.0 Å². The molecule has 1 saturated carbocycles. The van der Waals surface area contributed by atoms with Crippen molar-refractivity contribution >= 4 is 10.0 Å². The third-order valence-electron chi connectivity index (χ3n) is 4.15. The van der Waals surface area contributed by atoms with E-state index in [-0.39, 0.29) is 11.6 Å². The zero-order valence-electron chi connectivity index (χ0n) is 13.1. The van der Waals surface area contributed by atoms with Crippen LogP contribution in [0.5, 0.6) is 0 Å². The number of nitrogens with one attached hydrogen (secondary N) is 1. The summed E-state index contributed by atoms with van der Waals surface area (Å²) >= 11 is 0. The number of aromatic nitrogens is 4. The summed E-state index contributed by atoms with van der Waals surface area (Å²) in [5.74, 6) is 1.50. The van der Waals surface area contributed by atoms with Gasteiger partial charge in [-0.2, -0.15) is 4.98 Å². The molecule has 0 amide bonds. The average molecular weight is 340 g/mol. The molecule has 0 atom stereocenters. The Morgan fingerprint density at radius 3 is 2.74 bits per heavy atom. The first-order valence-electron chi connectivity index (χ1n) is 7.42. The Morgan fingerprint density at radius 1 is 1.43 bits per heavy atom. The zero-order valence-corrected chi connectivity index (χ0v) is 13.9. The lowest BCUT2D eigenvalue weighted by Crippen LogP contribution is -2.44.